The molecule has 0 unspecified atom stereocenters. The standard InChI is InChI=1S/C14H24N4O/c1-3-6-16-13-9-15-10-14(17-13)18(2)7-8-19-11-12-4-5-12/h9-10,12H,3-8,11H2,1-2H3,(H,16,17). The number of aromatic nitrogens is 2. The smallest absolute Gasteiger partial charge is 0.149 e. The Morgan fingerprint density at radius 2 is 2.26 bits per heavy atom. The summed E-state index contributed by atoms with van der Waals surface area (Å²) in [4.78, 5) is 10.8. The Labute approximate surface area is 115 Å². The van der Waals surface area contributed by atoms with Crippen molar-refractivity contribution in [2.24, 2.45) is 5.92 Å². The van der Waals surface area contributed by atoms with Crippen molar-refractivity contribution < 1.29 is 4.74 Å². The summed E-state index contributed by atoms with van der Waals surface area (Å²) in [5, 5.41) is 3.25. The van der Waals surface area contributed by atoms with Crippen LogP contribution in [0.15, 0.2) is 12.4 Å². The first-order chi connectivity index (χ1) is 9.29. The van der Waals surface area contributed by atoms with Gasteiger partial charge in [0.15, 0.2) is 0 Å². The number of nitrogens with zero attached hydrogens (tertiary/aromatic N) is 3. The molecule has 1 saturated carbocycles. The molecular weight excluding hydrogens is 240 g/mol. The van der Waals surface area contributed by atoms with Gasteiger partial charge in [-0.15, -0.1) is 0 Å². The first-order valence-corrected chi connectivity index (χ1v) is 7.14. The van der Waals surface area contributed by atoms with Crippen LogP contribution in [0.25, 0.3) is 0 Å². The molecule has 1 fully saturated rings. The molecule has 19 heavy (non-hydrogen) atoms. The lowest BCUT2D eigenvalue weighted by atomic mass is 10.4. The molecule has 0 aliphatic heterocycles. The molecule has 0 saturated heterocycles. The van der Waals surface area contributed by atoms with Gasteiger partial charge in [0.1, 0.15) is 11.6 Å². The lowest BCUT2D eigenvalue weighted by molar-refractivity contribution is 0.131. The van der Waals surface area contributed by atoms with E-state index in [2.05, 4.69) is 27.1 Å². The molecule has 1 aliphatic carbocycles. The maximum absolute atomic E-state index is 5.64. The van der Waals surface area contributed by atoms with E-state index in [1.54, 1.807) is 12.4 Å². The van der Waals surface area contributed by atoms with Crippen LogP contribution in [0.5, 0.6) is 0 Å². The van der Waals surface area contributed by atoms with Gasteiger partial charge in [-0.1, -0.05) is 6.92 Å². The van der Waals surface area contributed by atoms with Crippen LogP contribution >= 0.6 is 0 Å². The fraction of sp³-hybridized carbons (Fsp3) is 0.714. The Balaban J connectivity index is 1.74. The third-order valence-electron chi connectivity index (χ3n) is 3.19. The van der Waals surface area contributed by atoms with Gasteiger partial charge in [0.2, 0.25) is 0 Å². The second-order valence-electron chi connectivity index (χ2n) is 5.13. The SMILES string of the molecule is CCCNc1cncc(N(C)CCOCC2CC2)n1. The quantitative estimate of drug-likeness (QED) is 0.693. The molecule has 0 radical (unpaired) electrons. The van der Waals surface area contributed by atoms with Crippen LogP contribution in [0.4, 0.5) is 11.6 Å². The molecule has 106 valence electrons. The number of hydrogen-bond donors (Lipinski definition) is 1. The Kier molecular flexibility index (Phi) is 5.39. The predicted octanol–water partition coefficient (Wildman–Crippen LogP) is 2.16. The lowest BCUT2D eigenvalue weighted by Crippen LogP contribution is -2.24. The summed E-state index contributed by atoms with van der Waals surface area (Å²) < 4.78 is 5.64. The zero-order valence-corrected chi connectivity index (χ0v) is 11.9. The molecule has 5 nitrogen and oxygen atoms in total. The van der Waals surface area contributed by atoms with Gasteiger partial charge in [0, 0.05) is 26.7 Å². The zero-order chi connectivity index (χ0) is 13.5. The van der Waals surface area contributed by atoms with Crippen LogP contribution in [0.3, 0.4) is 0 Å². The van der Waals surface area contributed by atoms with E-state index >= 15 is 0 Å². The van der Waals surface area contributed by atoms with Gasteiger partial charge >= 0.3 is 0 Å². The average Bonchev–Trinajstić information content (AvgIpc) is 3.25. The maximum Gasteiger partial charge on any atom is 0.149 e. The van der Waals surface area contributed by atoms with Crippen LogP contribution in [0.1, 0.15) is 26.2 Å². The molecule has 0 atom stereocenters. The first kappa shape index (κ1) is 14.1. The van der Waals surface area contributed by atoms with Crippen molar-refractivity contribution in [1.29, 1.82) is 0 Å². The van der Waals surface area contributed by atoms with E-state index in [0.717, 1.165) is 50.3 Å². The topological polar surface area (TPSA) is 50.3 Å². The monoisotopic (exact) mass is 264 g/mol. The van der Waals surface area contributed by atoms with Gasteiger partial charge in [-0.25, -0.2) is 4.98 Å². The third-order valence-corrected chi connectivity index (χ3v) is 3.19. The maximum atomic E-state index is 5.64. The van der Waals surface area contributed by atoms with Crippen LogP contribution in [-0.4, -0.2) is 43.3 Å². The fourth-order valence-corrected chi connectivity index (χ4v) is 1.73. The van der Waals surface area contributed by atoms with Gasteiger partial charge in [-0.3, -0.25) is 4.98 Å². The molecule has 5 heteroatoms. The van der Waals surface area contributed by atoms with Crippen molar-refractivity contribution in [3.05, 3.63) is 12.4 Å². The van der Waals surface area contributed by atoms with E-state index in [-0.39, 0.29) is 0 Å². The fourth-order valence-electron chi connectivity index (χ4n) is 1.73. The average molecular weight is 264 g/mol. The van der Waals surface area contributed by atoms with Crippen molar-refractivity contribution in [1.82, 2.24) is 9.97 Å². The zero-order valence-electron chi connectivity index (χ0n) is 11.9. The van der Waals surface area contributed by atoms with E-state index < -0.39 is 0 Å². The highest BCUT2D eigenvalue weighted by Crippen LogP contribution is 2.28. The number of hydrogen-bond acceptors (Lipinski definition) is 5. The van der Waals surface area contributed by atoms with E-state index in [0.29, 0.717) is 0 Å². The van der Waals surface area contributed by atoms with Gasteiger partial charge in [-0.2, -0.15) is 0 Å². The largest absolute Gasteiger partial charge is 0.379 e. The highest BCUT2D eigenvalue weighted by molar-refractivity contribution is 5.43. The Morgan fingerprint density at radius 1 is 1.42 bits per heavy atom. The molecule has 2 rings (SSSR count). The van der Waals surface area contributed by atoms with Crippen molar-refractivity contribution >= 4 is 11.6 Å². The van der Waals surface area contributed by atoms with Gasteiger partial charge in [0.05, 0.1) is 19.0 Å². The van der Waals surface area contributed by atoms with Crippen LogP contribution < -0.4 is 10.2 Å². The minimum Gasteiger partial charge on any atom is -0.379 e. The number of anilines is 2. The molecule has 1 aliphatic rings. The normalized spacial score (nSPS) is 14.4. The molecule has 1 aromatic rings. The molecule has 1 aromatic heterocycles. The van der Waals surface area contributed by atoms with E-state index in [9.17, 15) is 0 Å². The summed E-state index contributed by atoms with van der Waals surface area (Å²) in [6.45, 7) is 5.57. The molecule has 1 heterocycles. The molecular formula is C14H24N4O. The Hall–Kier alpha value is -1.36. The molecule has 1 N–H and O–H groups in total. The summed E-state index contributed by atoms with van der Waals surface area (Å²) in [5.74, 6) is 2.55. The second kappa shape index (κ2) is 7.28. The molecule has 0 amide bonds. The molecule has 0 bridgehead atoms. The summed E-state index contributed by atoms with van der Waals surface area (Å²) in [5.41, 5.74) is 0. The van der Waals surface area contributed by atoms with Gasteiger partial charge < -0.3 is 15.0 Å². The molecule has 0 aromatic carbocycles. The highest BCUT2D eigenvalue weighted by atomic mass is 16.5. The highest BCUT2D eigenvalue weighted by Gasteiger charge is 2.20. The van der Waals surface area contributed by atoms with Crippen LogP contribution in [0.2, 0.25) is 0 Å². The van der Waals surface area contributed by atoms with Gasteiger partial charge in [0.25, 0.3) is 0 Å². The van der Waals surface area contributed by atoms with Gasteiger partial charge in [-0.05, 0) is 25.2 Å². The number of rotatable bonds is 9. The van der Waals surface area contributed by atoms with Crippen LogP contribution in [-0.2, 0) is 4.74 Å². The summed E-state index contributed by atoms with van der Waals surface area (Å²) in [6.07, 6.45) is 7.31. The Bertz CT molecular complexity index is 381. The number of ether oxygens (including phenoxy) is 1. The lowest BCUT2D eigenvalue weighted by Gasteiger charge is -2.18. The summed E-state index contributed by atoms with van der Waals surface area (Å²) in [6, 6.07) is 0. The first-order valence-electron chi connectivity index (χ1n) is 7.14. The van der Waals surface area contributed by atoms with Crippen molar-refractivity contribution in [2.75, 3.05) is 43.6 Å². The number of likely N-dealkylation sites (N-methyl/N-ethyl adjacent to an activating group) is 1. The van der Waals surface area contributed by atoms with Crippen molar-refractivity contribution in [3.63, 3.8) is 0 Å². The van der Waals surface area contributed by atoms with E-state index in [4.69, 9.17) is 4.74 Å². The Morgan fingerprint density at radius 3 is 3.00 bits per heavy atom. The minimum absolute atomic E-state index is 0.751. The van der Waals surface area contributed by atoms with Crippen molar-refractivity contribution in [2.45, 2.75) is 26.2 Å². The van der Waals surface area contributed by atoms with E-state index in [1.165, 1.54) is 12.8 Å². The predicted molar refractivity (Wildman–Crippen MR) is 77.6 cm³/mol. The van der Waals surface area contributed by atoms with Crippen molar-refractivity contribution in [3.8, 4) is 0 Å². The number of nitrogens with one attached hydrogen (secondary N) is 1. The summed E-state index contributed by atoms with van der Waals surface area (Å²) in [7, 11) is 2.02. The minimum atomic E-state index is 0.751. The summed E-state index contributed by atoms with van der Waals surface area (Å²) >= 11 is 0. The second-order valence-corrected chi connectivity index (χ2v) is 5.13. The molecule has 0 spiro atoms. The van der Waals surface area contributed by atoms with Crippen LogP contribution in [0, 0.1) is 5.92 Å². The van der Waals surface area contributed by atoms with E-state index in [1.807, 2.05) is 7.05 Å². The third kappa shape index (κ3) is 5.03.